The van der Waals surface area contributed by atoms with Gasteiger partial charge in [0.2, 0.25) is 0 Å². The average Bonchev–Trinajstić information content (AvgIpc) is 2.68. The maximum Gasteiger partial charge on any atom is 0.309 e. The van der Waals surface area contributed by atoms with Gasteiger partial charge in [0, 0.05) is 22.5 Å². The van der Waals surface area contributed by atoms with Crippen LogP contribution in [0, 0.1) is 0 Å². The molecular weight excluding hydrogens is 380 g/mol. The van der Waals surface area contributed by atoms with Crippen molar-refractivity contribution in [3.63, 3.8) is 0 Å². The largest absolute Gasteiger partial charge is 0.489 e. The molecule has 30 heavy (non-hydrogen) atoms. The van der Waals surface area contributed by atoms with Crippen LogP contribution >= 0.6 is 0 Å². The average molecular weight is 408 g/mol. The van der Waals surface area contributed by atoms with E-state index in [9.17, 15) is 9.59 Å². The lowest BCUT2D eigenvalue weighted by molar-refractivity contribution is -0.145. The van der Waals surface area contributed by atoms with Gasteiger partial charge in [0.25, 0.3) is 5.91 Å². The predicted molar refractivity (Wildman–Crippen MR) is 117 cm³/mol. The summed E-state index contributed by atoms with van der Waals surface area (Å²) in [6, 6.07) is 12.5. The minimum absolute atomic E-state index is 0.209. The third-order valence-corrected chi connectivity index (χ3v) is 5.22. The highest BCUT2D eigenvalue weighted by Crippen LogP contribution is 2.42. The number of carbonyl (C=O) groups excluding carboxylic acids is 2. The Kier molecular flexibility index (Phi) is 6.15. The van der Waals surface area contributed by atoms with E-state index in [1.807, 2.05) is 12.1 Å². The van der Waals surface area contributed by atoms with E-state index in [0.29, 0.717) is 30.0 Å². The molecule has 0 aromatic heterocycles. The lowest BCUT2D eigenvalue weighted by Crippen LogP contribution is -2.36. The molecule has 3 N–H and O–H groups in total. The standard InChI is InChI=1S/C24H28N2O4/c1-5-29-22(27)13-19-14-24(3,4)20-12-18(10-11-21(20)30-19)26-23(28)17-8-6-16(7-9-17)15(2)25/h6-12,19H,2,5,13-14,25H2,1,3-4H3,(H,26,28). The van der Waals surface area contributed by atoms with Crippen molar-refractivity contribution in [3.05, 3.63) is 65.7 Å². The second kappa shape index (κ2) is 8.61. The molecule has 1 heterocycles. The highest BCUT2D eigenvalue weighted by Gasteiger charge is 2.35. The quantitative estimate of drug-likeness (QED) is 0.698. The minimum Gasteiger partial charge on any atom is -0.489 e. The minimum atomic E-state index is -0.255. The fourth-order valence-corrected chi connectivity index (χ4v) is 3.70. The molecule has 1 aliphatic heterocycles. The van der Waals surface area contributed by atoms with E-state index in [1.54, 1.807) is 37.3 Å². The molecular formula is C24H28N2O4. The van der Waals surface area contributed by atoms with Gasteiger partial charge < -0.3 is 20.5 Å². The van der Waals surface area contributed by atoms with Gasteiger partial charge in [-0.05, 0) is 54.7 Å². The highest BCUT2D eigenvalue weighted by atomic mass is 16.5. The predicted octanol–water partition coefficient (Wildman–Crippen LogP) is 4.25. The summed E-state index contributed by atoms with van der Waals surface area (Å²) in [5, 5.41) is 2.93. The maximum absolute atomic E-state index is 12.6. The van der Waals surface area contributed by atoms with Crippen molar-refractivity contribution in [1.29, 1.82) is 0 Å². The second-order valence-electron chi connectivity index (χ2n) is 8.10. The van der Waals surface area contributed by atoms with Gasteiger partial charge in [-0.1, -0.05) is 32.6 Å². The normalized spacial score (nSPS) is 16.7. The smallest absolute Gasteiger partial charge is 0.309 e. The lowest BCUT2D eigenvalue weighted by Gasteiger charge is -2.37. The first-order valence-corrected chi connectivity index (χ1v) is 10.0. The van der Waals surface area contributed by atoms with Crippen LogP contribution in [-0.2, 0) is 14.9 Å². The van der Waals surface area contributed by atoms with Gasteiger partial charge in [-0.2, -0.15) is 0 Å². The van der Waals surface area contributed by atoms with E-state index in [4.69, 9.17) is 15.2 Å². The lowest BCUT2D eigenvalue weighted by atomic mass is 9.76. The number of benzene rings is 2. The molecule has 0 saturated heterocycles. The molecule has 0 saturated carbocycles. The number of amides is 1. The molecule has 0 fully saturated rings. The van der Waals surface area contributed by atoms with Gasteiger partial charge in [0.1, 0.15) is 11.9 Å². The van der Waals surface area contributed by atoms with Gasteiger partial charge >= 0.3 is 5.97 Å². The Morgan fingerprint density at radius 1 is 1.20 bits per heavy atom. The molecule has 6 nitrogen and oxygen atoms in total. The van der Waals surface area contributed by atoms with Crippen molar-refractivity contribution in [1.82, 2.24) is 0 Å². The number of carbonyl (C=O) groups is 2. The molecule has 0 spiro atoms. The Balaban J connectivity index is 1.75. The van der Waals surface area contributed by atoms with Crippen LogP contribution in [0.3, 0.4) is 0 Å². The fraction of sp³-hybridized carbons (Fsp3) is 0.333. The summed E-state index contributed by atoms with van der Waals surface area (Å²) in [6.07, 6.45) is 0.670. The Bertz CT molecular complexity index is 964. The first-order chi connectivity index (χ1) is 14.2. The number of nitrogens with one attached hydrogen (secondary N) is 1. The topological polar surface area (TPSA) is 90.7 Å². The van der Waals surface area contributed by atoms with Crippen molar-refractivity contribution in [2.24, 2.45) is 5.73 Å². The molecule has 3 rings (SSSR count). The van der Waals surface area contributed by atoms with E-state index in [0.717, 1.165) is 16.9 Å². The van der Waals surface area contributed by atoms with Crippen molar-refractivity contribution in [2.75, 3.05) is 11.9 Å². The molecule has 6 heteroatoms. The van der Waals surface area contributed by atoms with Crippen molar-refractivity contribution in [3.8, 4) is 5.75 Å². The highest BCUT2D eigenvalue weighted by molar-refractivity contribution is 6.04. The monoisotopic (exact) mass is 408 g/mol. The molecule has 0 bridgehead atoms. The second-order valence-corrected chi connectivity index (χ2v) is 8.10. The van der Waals surface area contributed by atoms with Crippen LogP contribution in [0.15, 0.2) is 49.0 Å². The summed E-state index contributed by atoms with van der Waals surface area (Å²) >= 11 is 0. The van der Waals surface area contributed by atoms with Crippen molar-refractivity contribution >= 4 is 23.3 Å². The summed E-state index contributed by atoms with van der Waals surface area (Å²) < 4.78 is 11.1. The molecule has 1 aliphatic rings. The molecule has 1 unspecified atom stereocenters. The Morgan fingerprint density at radius 3 is 2.50 bits per heavy atom. The first-order valence-electron chi connectivity index (χ1n) is 10.0. The van der Waals surface area contributed by atoms with Crippen LogP contribution in [-0.4, -0.2) is 24.6 Å². The van der Waals surface area contributed by atoms with Crippen LogP contribution in [0.5, 0.6) is 5.75 Å². The van der Waals surface area contributed by atoms with Gasteiger partial charge in [-0.3, -0.25) is 9.59 Å². The number of anilines is 1. The molecule has 0 radical (unpaired) electrons. The number of ether oxygens (including phenoxy) is 2. The number of hydrogen-bond donors (Lipinski definition) is 2. The van der Waals surface area contributed by atoms with E-state index in [1.165, 1.54) is 0 Å². The molecule has 0 aliphatic carbocycles. The van der Waals surface area contributed by atoms with E-state index in [2.05, 4.69) is 25.7 Å². The van der Waals surface area contributed by atoms with Gasteiger partial charge in [-0.25, -0.2) is 0 Å². The van der Waals surface area contributed by atoms with Crippen molar-refractivity contribution < 1.29 is 19.1 Å². The Labute approximate surface area is 177 Å². The van der Waals surface area contributed by atoms with Gasteiger partial charge in [-0.15, -0.1) is 0 Å². The Morgan fingerprint density at radius 2 is 1.87 bits per heavy atom. The number of hydrogen-bond acceptors (Lipinski definition) is 5. The van der Waals surface area contributed by atoms with Crippen LogP contribution in [0.2, 0.25) is 0 Å². The summed E-state index contributed by atoms with van der Waals surface area (Å²) in [5.41, 5.74) is 8.92. The number of esters is 1. The summed E-state index contributed by atoms with van der Waals surface area (Å²) in [5.74, 6) is 0.262. The van der Waals surface area contributed by atoms with Gasteiger partial charge in [0.05, 0.1) is 13.0 Å². The fourth-order valence-electron chi connectivity index (χ4n) is 3.70. The number of fused-ring (bicyclic) bond motifs is 1. The SMILES string of the molecule is C=C(N)c1ccc(C(=O)Nc2ccc3c(c2)C(C)(C)CC(CC(=O)OCC)O3)cc1. The third-order valence-electron chi connectivity index (χ3n) is 5.22. The summed E-state index contributed by atoms with van der Waals surface area (Å²) in [6.45, 7) is 10.1. The molecule has 1 atom stereocenters. The zero-order valence-electron chi connectivity index (χ0n) is 17.7. The van der Waals surface area contributed by atoms with Crippen molar-refractivity contribution in [2.45, 2.75) is 45.1 Å². The molecule has 158 valence electrons. The van der Waals surface area contributed by atoms with E-state index < -0.39 is 0 Å². The van der Waals surface area contributed by atoms with Crippen LogP contribution in [0.25, 0.3) is 5.70 Å². The third kappa shape index (κ3) is 4.82. The zero-order chi connectivity index (χ0) is 21.9. The van der Waals surface area contributed by atoms with Crippen LogP contribution in [0.1, 0.15) is 55.1 Å². The first kappa shape index (κ1) is 21.4. The maximum atomic E-state index is 12.6. The Hall–Kier alpha value is -3.28. The summed E-state index contributed by atoms with van der Waals surface area (Å²) in [4.78, 5) is 24.5. The van der Waals surface area contributed by atoms with Crippen LogP contribution < -0.4 is 15.8 Å². The number of nitrogens with two attached hydrogens (primary N) is 1. The van der Waals surface area contributed by atoms with Gasteiger partial charge in [0.15, 0.2) is 0 Å². The molecule has 2 aromatic carbocycles. The van der Waals surface area contributed by atoms with E-state index in [-0.39, 0.29) is 29.8 Å². The molecule has 1 amide bonds. The van der Waals surface area contributed by atoms with Crippen LogP contribution in [0.4, 0.5) is 5.69 Å². The number of rotatable bonds is 6. The molecule has 2 aromatic rings. The summed E-state index contributed by atoms with van der Waals surface area (Å²) in [7, 11) is 0. The zero-order valence-corrected chi connectivity index (χ0v) is 17.7. The van der Waals surface area contributed by atoms with E-state index >= 15 is 0 Å².